The Balaban J connectivity index is 2.99. The summed E-state index contributed by atoms with van der Waals surface area (Å²) in [6.07, 6.45) is 1.72. The molecule has 0 fully saturated rings. The molecule has 88 valence electrons. The Kier molecular flexibility index (Phi) is 3.68. The van der Waals surface area contributed by atoms with Gasteiger partial charge in [-0.2, -0.15) is 0 Å². The number of carbonyl (C=O) groups is 1. The van der Waals surface area contributed by atoms with Crippen LogP contribution in [0.1, 0.15) is 38.1 Å². The zero-order valence-corrected chi connectivity index (χ0v) is 10.7. The predicted molar refractivity (Wildman–Crippen MR) is 67.0 cm³/mol. The van der Waals surface area contributed by atoms with E-state index < -0.39 is 0 Å². The molecule has 0 aromatic carbocycles. The number of hydrogen-bond donors (Lipinski definition) is 0. The van der Waals surface area contributed by atoms with E-state index in [1.165, 1.54) is 0 Å². The molecule has 3 heteroatoms. The Bertz CT molecular complexity index is 380. The molecule has 0 atom stereocenters. The molecule has 0 amide bonds. The van der Waals surface area contributed by atoms with Crippen LogP contribution < -0.4 is 4.90 Å². The molecule has 0 bridgehead atoms. The zero-order chi connectivity index (χ0) is 12.3. The normalized spacial score (nSPS) is 11.3. The van der Waals surface area contributed by atoms with Gasteiger partial charge in [-0.3, -0.25) is 4.79 Å². The lowest BCUT2D eigenvalue weighted by molar-refractivity contribution is 0.101. The second kappa shape index (κ2) is 4.64. The van der Waals surface area contributed by atoms with Crippen LogP contribution in [0.2, 0.25) is 0 Å². The van der Waals surface area contributed by atoms with Crippen molar-refractivity contribution < 1.29 is 4.79 Å². The number of ketones is 1. The minimum Gasteiger partial charge on any atom is -0.359 e. The SMILES string of the molecule is CC(=O)c1cccnc1N(C)CC(C)(C)C. The van der Waals surface area contributed by atoms with Crippen LogP contribution in [0.3, 0.4) is 0 Å². The summed E-state index contributed by atoms with van der Waals surface area (Å²) in [7, 11) is 1.97. The Labute approximate surface area is 97.5 Å². The molecule has 0 saturated heterocycles. The molecule has 1 aromatic rings. The molecule has 0 N–H and O–H groups in total. The Morgan fingerprint density at radius 1 is 1.44 bits per heavy atom. The number of carbonyl (C=O) groups excluding carboxylic acids is 1. The highest BCUT2D eigenvalue weighted by Gasteiger charge is 2.18. The van der Waals surface area contributed by atoms with E-state index in [-0.39, 0.29) is 11.2 Å². The van der Waals surface area contributed by atoms with E-state index in [1.807, 2.05) is 18.0 Å². The standard InChI is InChI=1S/C13H20N2O/c1-10(16)11-7-6-8-14-12(11)15(5)9-13(2,3)4/h6-8H,9H2,1-5H3. The van der Waals surface area contributed by atoms with Gasteiger partial charge in [0.05, 0.1) is 5.56 Å². The van der Waals surface area contributed by atoms with Crippen molar-refractivity contribution in [3.05, 3.63) is 23.9 Å². The topological polar surface area (TPSA) is 33.2 Å². The van der Waals surface area contributed by atoms with Crippen LogP contribution in [0.15, 0.2) is 18.3 Å². The lowest BCUT2D eigenvalue weighted by Crippen LogP contribution is -2.30. The highest BCUT2D eigenvalue weighted by Crippen LogP contribution is 2.21. The fourth-order valence-corrected chi connectivity index (χ4v) is 1.76. The third-order valence-corrected chi connectivity index (χ3v) is 2.24. The minimum atomic E-state index is 0.0591. The van der Waals surface area contributed by atoms with Crippen LogP contribution >= 0.6 is 0 Å². The fraction of sp³-hybridized carbons (Fsp3) is 0.538. The fourth-order valence-electron chi connectivity index (χ4n) is 1.76. The second-order valence-corrected chi connectivity index (χ2v) is 5.35. The molecule has 0 radical (unpaired) electrons. The van der Waals surface area contributed by atoms with E-state index in [1.54, 1.807) is 19.2 Å². The first-order valence-corrected chi connectivity index (χ1v) is 5.48. The molecule has 1 heterocycles. The number of pyridine rings is 1. The maximum atomic E-state index is 11.5. The van der Waals surface area contributed by atoms with Crippen molar-refractivity contribution in [1.82, 2.24) is 4.98 Å². The van der Waals surface area contributed by atoms with E-state index in [0.29, 0.717) is 5.56 Å². The van der Waals surface area contributed by atoms with Gasteiger partial charge in [0.15, 0.2) is 5.78 Å². The summed E-state index contributed by atoms with van der Waals surface area (Å²) in [5.74, 6) is 0.828. The van der Waals surface area contributed by atoms with Gasteiger partial charge in [0, 0.05) is 19.8 Å². The lowest BCUT2D eigenvalue weighted by Gasteiger charge is -2.28. The number of rotatable bonds is 3. The average Bonchev–Trinajstić information content (AvgIpc) is 2.15. The summed E-state index contributed by atoms with van der Waals surface area (Å²) >= 11 is 0. The number of aromatic nitrogens is 1. The van der Waals surface area contributed by atoms with Gasteiger partial charge in [0.25, 0.3) is 0 Å². The smallest absolute Gasteiger partial charge is 0.163 e. The molecular weight excluding hydrogens is 200 g/mol. The van der Waals surface area contributed by atoms with Crippen molar-refractivity contribution >= 4 is 11.6 Å². The van der Waals surface area contributed by atoms with Crippen LogP contribution in [-0.4, -0.2) is 24.4 Å². The van der Waals surface area contributed by atoms with Gasteiger partial charge in [-0.05, 0) is 24.5 Å². The maximum absolute atomic E-state index is 11.5. The summed E-state index contributed by atoms with van der Waals surface area (Å²) < 4.78 is 0. The number of anilines is 1. The van der Waals surface area contributed by atoms with Gasteiger partial charge in [-0.1, -0.05) is 20.8 Å². The highest BCUT2D eigenvalue weighted by atomic mass is 16.1. The van der Waals surface area contributed by atoms with Crippen molar-refractivity contribution in [2.75, 3.05) is 18.5 Å². The molecule has 1 aromatic heterocycles. The zero-order valence-electron chi connectivity index (χ0n) is 10.7. The summed E-state index contributed by atoms with van der Waals surface area (Å²) in [6, 6.07) is 3.62. The van der Waals surface area contributed by atoms with Gasteiger partial charge in [0.2, 0.25) is 0 Å². The van der Waals surface area contributed by atoms with E-state index in [2.05, 4.69) is 25.8 Å². The van der Waals surface area contributed by atoms with E-state index in [9.17, 15) is 4.79 Å². The third kappa shape index (κ3) is 3.33. The first-order valence-electron chi connectivity index (χ1n) is 5.48. The lowest BCUT2D eigenvalue weighted by atomic mass is 9.96. The predicted octanol–water partition coefficient (Wildman–Crippen LogP) is 2.77. The largest absolute Gasteiger partial charge is 0.359 e. The van der Waals surface area contributed by atoms with Crippen molar-refractivity contribution in [2.24, 2.45) is 5.41 Å². The van der Waals surface area contributed by atoms with Crippen molar-refractivity contribution in [3.63, 3.8) is 0 Å². The quantitative estimate of drug-likeness (QED) is 0.734. The van der Waals surface area contributed by atoms with Crippen molar-refractivity contribution in [3.8, 4) is 0 Å². The van der Waals surface area contributed by atoms with Crippen LogP contribution in [0.5, 0.6) is 0 Å². The second-order valence-electron chi connectivity index (χ2n) is 5.35. The Morgan fingerprint density at radius 2 is 2.06 bits per heavy atom. The van der Waals surface area contributed by atoms with Gasteiger partial charge < -0.3 is 4.90 Å². The summed E-state index contributed by atoms with van der Waals surface area (Å²) in [5.41, 5.74) is 0.870. The molecule has 3 nitrogen and oxygen atoms in total. The molecule has 0 aliphatic carbocycles. The molecule has 0 aliphatic rings. The summed E-state index contributed by atoms with van der Waals surface area (Å²) in [6.45, 7) is 8.94. The van der Waals surface area contributed by atoms with E-state index in [4.69, 9.17) is 0 Å². The molecule has 16 heavy (non-hydrogen) atoms. The minimum absolute atomic E-state index is 0.0591. The average molecular weight is 220 g/mol. The van der Waals surface area contributed by atoms with Gasteiger partial charge in [0.1, 0.15) is 5.82 Å². The van der Waals surface area contributed by atoms with Gasteiger partial charge in [-0.15, -0.1) is 0 Å². The van der Waals surface area contributed by atoms with Gasteiger partial charge >= 0.3 is 0 Å². The number of Topliss-reactive ketones (excluding diaryl/α,β-unsaturated/α-hetero) is 1. The van der Waals surface area contributed by atoms with Crippen LogP contribution in [0.25, 0.3) is 0 Å². The first-order chi connectivity index (χ1) is 7.31. The van der Waals surface area contributed by atoms with Crippen molar-refractivity contribution in [2.45, 2.75) is 27.7 Å². The first kappa shape index (κ1) is 12.7. The van der Waals surface area contributed by atoms with E-state index >= 15 is 0 Å². The molecule has 0 saturated carbocycles. The highest BCUT2D eigenvalue weighted by molar-refractivity contribution is 5.98. The van der Waals surface area contributed by atoms with Crippen LogP contribution in [-0.2, 0) is 0 Å². The van der Waals surface area contributed by atoms with Crippen LogP contribution in [0, 0.1) is 5.41 Å². The summed E-state index contributed by atoms with van der Waals surface area (Å²) in [5, 5.41) is 0. The number of nitrogens with zero attached hydrogens (tertiary/aromatic N) is 2. The maximum Gasteiger partial charge on any atom is 0.163 e. The Morgan fingerprint density at radius 3 is 2.56 bits per heavy atom. The summed E-state index contributed by atoms with van der Waals surface area (Å²) in [4.78, 5) is 17.8. The number of hydrogen-bond acceptors (Lipinski definition) is 3. The van der Waals surface area contributed by atoms with Crippen LogP contribution in [0.4, 0.5) is 5.82 Å². The Hall–Kier alpha value is -1.38. The van der Waals surface area contributed by atoms with Gasteiger partial charge in [-0.25, -0.2) is 4.98 Å². The third-order valence-electron chi connectivity index (χ3n) is 2.24. The monoisotopic (exact) mass is 220 g/mol. The molecule has 0 spiro atoms. The molecule has 0 unspecified atom stereocenters. The molecule has 0 aliphatic heterocycles. The van der Waals surface area contributed by atoms with Crippen molar-refractivity contribution in [1.29, 1.82) is 0 Å². The van der Waals surface area contributed by atoms with E-state index in [0.717, 1.165) is 12.4 Å². The molecular formula is C13H20N2O. The molecule has 1 rings (SSSR count).